The molecule has 0 aliphatic rings. The fraction of sp³-hybridized carbons (Fsp3) is 0.222. The first-order valence-corrected chi connectivity index (χ1v) is 8.19. The molecule has 1 amide bonds. The maximum atomic E-state index is 12.1. The number of nitrogens with zero attached hydrogens (tertiary/aromatic N) is 2. The van der Waals surface area contributed by atoms with E-state index in [9.17, 15) is 4.79 Å². The van der Waals surface area contributed by atoms with Gasteiger partial charge in [0.05, 0.1) is 10.2 Å². The van der Waals surface area contributed by atoms with Gasteiger partial charge in [0.1, 0.15) is 5.75 Å². The lowest BCUT2D eigenvalue weighted by molar-refractivity contribution is -0.120. The second kappa shape index (κ2) is 6.38. The van der Waals surface area contributed by atoms with Crippen LogP contribution in [0.5, 0.6) is 5.75 Å². The molecule has 0 spiro atoms. The monoisotopic (exact) mass is 326 g/mol. The third-order valence-corrected chi connectivity index (χ3v) is 4.91. The number of rotatable bonds is 3. The highest BCUT2D eigenvalue weighted by Crippen LogP contribution is 2.22. The number of carbonyl (C=O) groups is 1. The fourth-order valence-corrected chi connectivity index (χ4v) is 3.53. The number of thiazole rings is 1. The van der Waals surface area contributed by atoms with Crippen LogP contribution in [0.2, 0.25) is 0 Å². The van der Waals surface area contributed by atoms with Crippen molar-refractivity contribution < 1.29 is 9.53 Å². The summed E-state index contributed by atoms with van der Waals surface area (Å²) in [6.45, 7) is 4.12. The Morgan fingerprint density at radius 1 is 1.17 bits per heavy atom. The van der Waals surface area contributed by atoms with Crippen molar-refractivity contribution in [2.24, 2.45) is 12.0 Å². The van der Waals surface area contributed by atoms with Crippen LogP contribution in [0, 0.1) is 13.8 Å². The van der Waals surface area contributed by atoms with Crippen molar-refractivity contribution in [3.05, 3.63) is 58.4 Å². The summed E-state index contributed by atoms with van der Waals surface area (Å²) in [6, 6.07) is 13.4. The molecule has 3 aromatic rings. The first-order chi connectivity index (χ1) is 11.1. The van der Waals surface area contributed by atoms with Crippen LogP contribution >= 0.6 is 11.3 Å². The molecule has 0 bridgehead atoms. The second-order valence-corrected chi connectivity index (χ2v) is 6.41. The van der Waals surface area contributed by atoms with Gasteiger partial charge in [0.2, 0.25) is 0 Å². The molecule has 1 heterocycles. The Bertz CT molecular complexity index is 923. The molecule has 2 aromatic carbocycles. The average Bonchev–Trinajstić information content (AvgIpc) is 2.87. The van der Waals surface area contributed by atoms with Crippen molar-refractivity contribution in [2.75, 3.05) is 6.61 Å². The molecule has 1 aromatic heterocycles. The van der Waals surface area contributed by atoms with E-state index in [1.54, 1.807) is 0 Å². The molecule has 0 radical (unpaired) electrons. The quantitative estimate of drug-likeness (QED) is 0.741. The van der Waals surface area contributed by atoms with Crippen molar-refractivity contribution in [3.63, 3.8) is 0 Å². The first kappa shape index (κ1) is 15.5. The van der Waals surface area contributed by atoms with Crippen molar-refractivity contribution >= 4 is 27.5 Å². The Balaban J connectivity index is 1.87. The number of amides is 1. The highest BCUT2D eigenvalue weighted by atomic mass is 32.1. The lowest BCUT2D eigenvalue weighted by atomic mass is 10.1. The largest absolute Gasteiger partial charge is 0.484 e. The normalized spacial score (nSPS) is 11.9. The Morgan fingerprint density at radius 2 is 1.91 bits per heavy atom. The molecule has 0 saturated heterocycles. The molecule has 4 nitrogen and oxygen atoms in total. The zero-order valence-electron chi connectivity index (χ0n) is 13.4. The van der Waals surface area contributed by atoms with E-state index in [1.165, 1.54) is 22.5 Å². The van der Waals surface area contributed by atoms with E-state index in [0.29, 0.717) is 10.6 Å². The number of carbonyl (C=O) groups excluding carboxylic acids is 1. The van der Waals surface area contributed by atoms with Gasteiger partial charge in [-0.1, -0.05) is 35.6 Å². The minimum absolute atomic E-state index is 0.0593. The summed E-state index contributed by atoms with van der Waals surface area (Å²) < 4.78 is 8.55. The van der Waals surface area contributed by atoms with Gasteiger partial charge >= 0.3 is 0 Å². The summed E-state index contributed by atoms with van der Waals surface area (Å²) in [4.78, 5) is 17.0. The van der Waals surface area contributed by atoms with Crippen LogP contribution in [0.15, 0.2) is 47.5 Å². The topological polar surface area (TPSA) is 43.6 Å². The number of hydrogen-bond donors (Lipinski definition) is 0. The van der Waals surface area contributed by atoms with Crippen molar-refractivity contribution in [1.29, 1.82) is 0 Å². The number of para-hydroxylation sites is 1. The fourth-order valence-electron chi connectivity index (χ4n) is 2.44. The molecule has 118 valence electrons. The maximum Gasteiger partial charge on any atom is 0.286 e. The van der Waals surface area contributed by atoms with Gasteiger partial charge in [-0.25, -0.2) is 0 Å². The SMILES string of the molecule is Cc1ccc2sc(=NC(=O)COc3ccccc3)n(C)c2c1C. The van der Waals surface area contributed by atoms with Crippen molar-refractivity contribution in [2.45, 2.75) is 13.8 Å². The van der Waals surface area contributed by atoms with E-state index in [1.807, 2.05) is 41.9 Å². The smallest absolute Gasteiger partial charge is 0.286 e. The first-order valence-electron chi connectivity index (χ1n) is 7.37. The third kappa shape index (κ3) is 3.19. The molecule has 3 rings (SSSR count). The number of benzene rings is 2. The third-order valence-electron chi connectivity index (χ3n) is 3.81. The zero-order valence-corrected chi connectivity index (χ0v) is 14.2. The molecule has 0 aliphatic heterocycles. The van der Waals surface area contributed by atoms with Crippen LogP contribution in [0.1, 0.15) is 11.1 Å². The number of ether oxygens (including phenoxy) is 1. The minimum atomic E-state index is -0.287. The van der Waals surface area contributed by atoms with Gasteiger partial charge in [-0.3, -0.25) is 4.79 Å². The summed E-state index contributed by atoms with van der Waals surface area (Å²) in [5.41, 5.74) is 3.58. The summed E-state index contributed by atoms with van der Waals surface area (Å²) >= 11 is 1.52. The van der Waals surface area contributed by atoms with Gasteiger partial charge in [0, 0.05) is 7.05 Å². The summed E-state index contributed by atoms with van der Waals surface area (Å²) in [5, 5.41) is 0. The molecular formula is C18H18N2O2S. The Morgan fingerprint density at radius 3 is 2.65 bits per heavy atom. The minimum Gasteiger partial charge on any atom is -0.484 e. The van der Waals surface area contributed by atoms with Gasteiger partial charge < -0.3 is 9.30 Å². The lowest BCUT2D eigenvalue weighted by Crippen LogP contribution is -2.17. The van der Waals surface area contributed by atoms with Crippen LogP contribution in [-0.4, -0.2) is 17.1 Å². The predicted octanol–water partition coefficient (Wildman–Crippen LogP) is 3.36. The number of aromatic nitrogens is 1. The summed E-state index contributed by atoms with van der Waals surface area (Å²) in [7, 11) is 1.94. The highest BCUT2D eigenvalue weighted by Gasteiger charge is 2.09. The number of hydrogen-bond acceptors (Lipinski definition) is 3. The van der Waals surface area contributed by atoms with Gasteiger partial charge in [-0.2, -0.15) is 4.99 Å². The standard InChI is InChI=1S/C18H18N2O2S/c1-12-9-10-15-17(13(12)2)20(3)18(23-15)19-16(21)11-22-14-7-5-4-6-8-14/h4-10H,11H2,1-3H3. The van der Waals surface area contributed by atoms with Crippen LogP contribution in [-0.2, 0) is 11.8 Å². The van der Waals surface area contributed by atoms with E-state index in [2.05, 4.69) is 31.0 Å². The zero-order chi connectivity index (χ0) is 16.4. The predicted molar refractivity (Wildman–Crippen MR) is 92.8 cm³/mol. The van der Waals surface area contributed by atoms with Gasteiger partial charge in [0.15, 0.2) is 11.4 Å². The van der Waals surface area contributed by atoms with E-state index in [0.717, 1.165) is 10.2 Å². The number of aryl methyl sites for hydroxylation is 3. The van der Waals surface area contributed by atoms with Crippen LogP contribution in [0.4, 0.5) is 0 Å². The molecule has 0 aliphatic carbocycles. The lowest BCUT2D eigenvalue weighted by Gasteiger charge is -2.03. The van der Waals surface area contributed by atoms with Gasteiger partial charge in [-0.15, -0.1) is 0 Å². The molecule has 0 fully saturated rings. The second-order valence-electron chi connectivity index (χ2n) is 5.41. The highest BCUT2D eigenvalue weighted by molar-refractivity contribution is 7.16. The molecule has 5 heteroatoms. The van der Waals surface area contributed by atoms with Crippen LogP contribution in [0.25, 0.3) is 10.2 Å². The molecule has 0 N–H and O–H groups in total. The molecular weight excluding hydrogens is 308 g/mol. The Hall–Kier alpha value is -2.40. The van der Waals surface area contributed by atoms with Crippen LogP contribution in [0.3, 0.4) is 0 Å². The molecule has 0 atom stereocenters. The van der Waals surface area contributed by atoms with Gasteiger partial charge in [0.25, 0.3) is 5.91 Å². The Labute approximate surface area is 138 Å². The van der Waals surface area contributed by atoms with E-state index in [-0.39, 0.29) is 12.5 Å². The van der Waals surface area contributed by atoms with Crippen LogP contribution < -0.4 is 9.54 Å². The van der Waals surface area contributed by atoms with E-state index < -0.39 is 0 Å². The van der Waals surface area contributed by atoms with Gasteiger partial charge in [-0.05, 0) is 43.2 Å². The number of fused-ring (bicyclic) bond motifs is 1. The van der Waals surface area contributed by atoms with E-state index in [4.69, 9.17) is 4.74 Å². The summed E-state index contributed by atoms with van der Waals surface area (Å²) in [5.74, 6) is 0.383. The molecule has 23 heavy (non-hydrogen) atoms. The van der Waals surface area contributed by atoms with E-state index >= 15 is 0 Å². The summed E-state index contributed by atoms with van der Waals surface area (Å²) in [6.07, 6.45) is 0. The van der Waals surface area contributed by atoms with Crippen molar-refractivity contribution in [1.82, 2.24) is 4.57 Å². The van der Waals surface area contributed by atoms with Crippen molar-refractivity contribution in [3.8, 4) is 5.75 Å². The average molecular weight is 326 g/mol. The maximum absolute atomic E-state index is 12.1. The Kier molecular flexibility index (Phi) is 4.30. The molecule has 0 unspecified atom stereocenters. The molecule has 0 saturated carbocycles.